The average molecular weight is 376 g/mol. The fourth-order valence-corrected chi connectivity index (χ4v) is 3.96. The van der Waals surface area contributed by atoms with Crippen LogP contribution >= 0.6 is 0 Å². The summed E-state index contributed by atoms with van der Waals surface area (Å²) in [5.74, 6) is -0.809. The van der Waals surface area contributed by atoms with E-state index in [1.807, 2.05) is 23.8 Å². The van der Waals surface area contributed by atoms with E-state index >= 15 is 0 Å². The number of hydrogen-bond acceptors (Lipinski definition) is 3. The van der Waals surface area contributed by atoms with Gasteiger partial charge in [-0.25, -0.2) is 4.79 Å². The molecule has 6 heteroatoms. The SMILES string of the molecule is Cc1cc(C)cc(CC(C)NC(=O)N2CCCC(N(C)CC(=O)O)CC2)c1. The van der Waals surface area contributed by atoms with E-state index in [4.69, 9.17) is 5.11 Å². The van der Waals surface area contributed by atoms with E-state index in [1.54, 1.807) is 0 Å². The number of carbonyl (C=O) groups is 2. The number of carbonyl (C=O) groups excluding carboxylic acids is 1. The van der Waals surface area contributed by atoms with Crippen LogP contribution in [0.1, 0.15) is 42.9 Å². The molecule has 1 aliphatic heterocycles. The number of nitrogens with one attached hydrogen (secondary N) is 1. The first-order valence-corrected chi connectivity index (χ1v) is 9.79. The van der Waals surface area contributed by atoms with Crippen LogP contribution in [-0.2, 0) is 11.2 Å². The third kappa shape index (κ3) is 6.86. The average Bonchev–Trinajstić information content (AvgIpc) is 2.79. The van der Waals surface area contributed by atoms with Crippen LogP contribution < -0.4 is 5.32 Å². The van der Waals surface area contributed by atoms with Crippen molar-refractivity contribution in [1.82, 2.24) is 15.1 Å². The van der Waals surface area contributed by atoms with Crippen LogP contribution in [0, 0.1) is 13.8 Å². The maximum Gasteiger partial charge on any atom is 0.317 e. The van der Waals surface area contributed by atoms with Crippen molar-refractivity contribution in [2.75, 3.05) is 26.7 Å². The number of likely N-dealkylation sites (N-methyl/N-ethyl adjacent to an activating group) is 1. The summed E-state index contributed by atoms with van der Waals surface area (Å²) in [6, 6.07) is 6.75. The van der Waals surface area contributed by atoms with E-state index in [1.165, 1.54) is 16.7 Å². The molecule has 1 saturated heterocycles. The summed E-state index contributed by atoms with van der Waals surface area (Å²) in [7, 11) is 1.85. The van der Waals surface area contributed by atoms with E-state index in [9.17, 15) is 9.59 Å². The van der Waals surface area contributed by atoms with Crippen LogP contribution in [0.5, 0.6) is 0 Å². The lowest BCUT2D eigenvalue weighted by atomic mass is 10.0. The number of carboxylic acids is 1. The van der Waals surface area contributed by atoms with Crippen molar-refractivity contribution >= 4 is 12.0 Å². The highest BCUT2D eigenvalue weighted by molar-refractivity contribution is 5.74. The van der Waals surface area contributed by atoms with E-state index in [-0.39, 0.29) is 24.7 Å². The molecule has 6 nitrogen and oxygen atoms in total. The number of aryl methyl sites for hydroxylation is 2. The fourth-order valence-electron chi connectivity index (χ4n) is 3.96. The Kier molecular flexibility index (Phi) is 7.66. The number of rotatable bonds is 6. The van der Waals surface area contributed by atoms with Gasteiger partial charge in [-0.2, -0.15) is 0 Å². The predicted molar refractivity (Wildman–Crippen MR) is 107 cm³/mol. The Labute approximate surface area is 162 Å². The Morgan fingerprint density at radius 2 is 1.89 bits per heavy atom. The van der Waals surface area contributed by atoms with Crippen LogP contribution in [0.25, 0.3) is 0 Å². The number of amides is 2. The Morgan fingerprint density at radius 1 is 1.22 bits per heavy atom. The minimum Gasteiger partial charge on any atom is -0.480 e. The van der Waals surface area contributed by atoms with Gasteiger partial charge in [-0.05, 0) is 59.1 Å². The van der Waals surface area contributed by atoms with Crippen molar-refractivity contribution in [3.05, 3.63) is 34.9 Å². The highest BCUT2D eigenvalue weighted by atomic mass is 16.4. The van der Waals surface area contributed by atoms with Crippen molar-refractivity contribution in [3.8, 4) is 0 Å². The van der Waals surface area contributed by atoms with Crippen molar-refractivity contribution < 1.29 is 14.7 Å². The van der Waals surface area contributed by atoms with Crippen molar-refractivity contribution in [2.45, 2.75) is 58.5 Å². The first-order valence-electron chi connectivity index (χ1n) is 9.79. The number of likely N-dealkylation sites (tertiary alicyclic amines) is 1. The number of aliphatic carboxylic acids is 1. The summed E-state index contributed by atoms with van der Waals surface area (Å²) in [5, 5.41) is 12.1. The summed E-state index contributed by atoms with van der Waals surface area (Å²) in [4.78, 5) is 27.3. The molecule has 0 saturated carbocycles. The maximum absolute atomic E-state index is 12.6. The molecule has 2 rings (SSSR count). The van der Waals surface area contributed by atoms with Gasteiger partial charge in [-0.15, -0.1) is 0 Å². The molecule has 1 aromatic rings. The van der Waals surface area contributed by atoms with Gasteiger partial charge in [0.1, 0.15) is 0 Å². The smallest absolute Gasteiger partial charge is 0.317 e. The zero-order chi connectivity index (χ0) is 20.0. The largest absolute Gasteiger partial charge is 0.480 e. The van der Waals surface area contributed by atoms with Crippen LogP contribution in [0.15, 0.2) is 18.2 Å². The molecule has 0 bridgehead atoms. The standard InChI is InChI=1S/C21H33N3O3/c1-15-10-16(2)12-18(11-15)13-17(3)22-21(27)24-8-5-6-19(7-9-24)23(4)14-20(25)26/h10-12,17,19H,5-9,13-14H2,1-4H3,(H,22,27)(H,25,26). The Balaban J connectivity index is 1.85. The quantitative estimate of drug-likeness (QED) is 0.802. The molecule has 27 heavy (non-hydrogen) atoms. The molecule has 0 aromatic heterocycles. The molecule has 0 aliphatic carbocycles. The third-order valence-corrected chi connectivity index (χ3v) is 5.19. The summed E-state index contributed by atoms with van der Waals surface area (Å²) in [5.41, 5.74) is 3.73. The van der Waals surface area contributed by atoms with Gasteiger partial charge in [0.2, 0.25) is 0 Å². The summed E-state index contributed by atoms with van der Waals surface area (Å²) >= 11 is 0. The number of urea groups is 1. The molecule has 1 heterocycles. The van der Waals surface area contributed by atoms with Gasteiger partial charge in [0.15, 0.2) is 0 Å². The maximum atomic E-state index is 12.6. The van der Waals surface area contributed by atoms with Gasteiger partial charge in [0.25, 0.3) is 0 Å². The normalized spacial score (nSPS) is 18.9. The predicted octanol–water partition coefficient (Wildman–Crippen LogP) is 2.81. The first-order chi connectivity index (χ1) is 12.7. The van der Waals surface area contributed by atoms with Crippen molar-refractivity contribution in [1.29, 1.82) is 0 Å². The van der Waals surface area contributed by atoms with Gasteiger partial charge < -0.3 is 15.3 Å². The van der Waals surface area contributed by atoms with Crippen LogP contribution in [0.3, 0.4) is 0 Å². The lowest BCUT2D eigenvalue weighted by Gasteiger charge is -2.26. The molecule has 1 aliphatic rings. The monoisotopic (exact) mass is 375 g/mol. The Morgan fingerprint density at radius 3 is 2.52 bits per heavy atom. The Hall–Kier alpha value is -2.08. The van der Waals surface area contributed by atoms with Gasteiger partial charge in [-0.3, -0.25) is 9.69 Å². The molecule has 2 N–H and O–H groups in total. The van der Waals surface area contributed by atoms with E-state index in [0.29, 0.717) is 6.54 Å². The second-order valence-corrected chi connectivity index (χ2v) is 7.93. The number of nitrogens with zero attached hydrogens (tertiary/aromatic N) is 2. The minimum atomic E-state index is -0.809. The third-order valence-electron chi connectivity index (χ3n) is 5.19. The zero-order valence-corrected chi connectivity index (χ0v) is 17.0. The molecule has 0 radical (unpaired) electrons. The molecular formula is C21H33N3O3. The van der Waals surface area contributed by atoms with Crippen LogP contribution in [0.4, 0.5) is 4.79 Å². The van der Waals surface area contributed by atoms with E-state index in [2.05, 4.69) is 37.4 Å². The first kappa shape index (κ1) is 21.2. The van der Waals surface area contributed by atoms with Crippen molar-refractivity contribution in [3.63, 3.8) is 0 Å². The minimum absolute atomic E-state index is 0.0200. The van der Waals surface area contributed by atoms with Crippen LogP contribution in [0.2, 0.25) is 0 Å². The highest BCUT2D eigenvalue weighted by Gasteiger charge is 2.24. The second kappa shape index (κ2) is 9.74. The molecular weight excluding hydrogens is 342 g/mol. The molecule has 1 aromatic carbocycles. The van der Waals surface area contributed by atoms with E-state index < -0.39 is 5.97 Å². The Bertz CT molecular complexity index is 642. The number of carboxylic acid groups (broad SMARTS) is 1. The highest BCUT2D eigenvalue weighted by Crippen LogP contribution is 2.16. The zero-order valence-electron chi connectivity index (χ0n) is 17.0. The van der Waals surface area contributed by atoms with Crippen LogP contribution in [-0.4, -0.2) is 65.7 Å². The number of benzene rings is 1. The molecule has 2 atom stereocenters. The molecule has 2 unspecified atom stereocenters. The van der Waals surface area contributed by atoms with Gasteiger partial charge in [-0.1, -0.05) is 29.3 Å². The fraction of sp³-hybridized carbons (Fsp3) is 0.619. The number of hydrogen-bond donors (Lipinski definition) is 2. The van der Waals surface area contributed by atoms with Crippen molar-refractivity contribution in [2.24, 2.45) is 0 Å². The lowest BCUT2D eigenvalue weighted by molar-refractivity contribution is -0.138. The molecule has 2 amide bonds. The van der Waals surface area contributed by atoms with Gasteiger partial charge >= 0.3 is 12.0 Å². The topological polar surface area (TPSA) is 72.9 Å². The summed E-state index contributed by atoms with van der Waals surface area (Å²) in [6.07, 6.45) is 3.44. The van der Waals surface area contributed by atoms with Gasteiger partial charge in [0.05, 0.1) is 6.54 Å². The lowest BCUT2D eigenvalue weighted by Crippen LogP contribution is -2.45. The summed E-state index contributed by atoms with van der Waals surface area (Å²) in [6.45, 7) is 7.65. The molecule has 0 spiro atoms. The molecule has 150 valence electrons. The molecule has 1 fully saturated rings. The summed E-state index contributed by atoms with van der Waals surface area (Å²) < 4.78 is 0. The van der Waals surface area contributed by atoms with Gasteiger partial charge in [0, 0.05) is 25.2 Å². The second-order valence-electron chi connectivity index (χ2n) is 7.93. The van der Waals surface area contributed by atoms with E-state index in [0.717, 1.165) is 32.2 Å².